The lowest BCUT2D eigenvalue weighted by Crippen LogP contribution is -2.32. The van der Waals surface area contributed by atoms with Crippen LogP contribution in [0, 0.1) is 10.1 Å². The van der Waals surface area contributed by atoms with Crippen LogP contribution < -0.4 is 0 Å². The molecule has 0 unspecified atom stereocenters. The van der Waals surface area contributed by atoms with Gasteiger partial charge in [0.15, 0.2) is 0 Å². The molecular formula is C14H14N2O6S2. The summed E-state index contributed by atoms with van der Waals surface area (Å²) in [5.41, 5.74) is 0.335. The summed E-state index contributed by atoms with van der Waals surface area (Å²) in [6.07, 6.45) is 0. The fourth-order valence-corrected chi connectivity index (χ4v) is 4.12. The maximum absolute atomic E-state index is 12.2. The van der Waals surface area contributed by atoms with Crippen LogP contribution in [0.5, 0.6) is 0 Å². The smallest absolute Gasteiger partial charge is 0.321 e. The molecule has 1 aromatic heterocycles. The topological polar surface area (TPSA) is 107 Å². The van der Waals surface area contributed by atoms with Crippen LogP contribution >= 0.6 is 11.3 Å². The predicted octanol–water partition coefficient (Wildman–Crippen LogP) is 2.02. The highest BCUT2D eigenvalue weighted by atomic mass is 32.2. The highest BCUT2D eigenvalue weighted by Crippen LogP contribution is 2.19. The first-order valence-electron chi connectivity index (χ1n) is 6.69. The number of hydrogen-bond acceptors (Lipinski definition) is 7. The number of non-ortho nitro benzene ring substituents is 1. The van der Waals surface area contributed by atoms with Crippen LogP contribution in [-0.4, -0.2) is 37.2 Å². The van der Waals surface area contributed by atoms with Gasteiger partial charge in [-0.25, -0.2) is 8.42 Å². The van der Waals surface area contributed by atoms with E-state index in [-0.39, 0.29) is 16.5 Å². The SMILES string of the molecule is CN(CC(=O)OCc1cccc([N+](=O)[O-])c1)S(=O)(=O)c1cccs1. The van der Waals surface area contributed by atoms with Gasteiger partial charge in [-0.15, -0.1) is 11.3 Å². The number of esters is 1. The van der Waals surface area contributed by atoms with Crippen molar-refractivity contribution in [1.82, 2.24) is 4.31 Å². The molecule has 0 amide bonds. The van der Waals surface area contributed by atoms with Crippen LogP contribution in [0.25, 0.3) is 0 Å². The monoisotopic (exact) mass is 370 g/mol. The molecule has 1 heterocycles. The Morgan fingerprint density at radius 3 is 2.71 bits per heavy atom. The first-order chi connectivity index (χ1) is 11.3. The van der Waals surface area contributed by atoms with Crippen LogP contribution in [-0.2, 0) is 26.2 Å². The molecular weight excluding hydrogens is 356 g/mol. The number of likely N-dealkylation sites (N-methyl/N-ethyl adjacent to an activating group) is 1. The van der Waals surface area contributed by atoms with Crippen molar-refractivity contribution in [3.63, 3.8) is 0 Å². The minimum Gasteiger partial charge on any atom is -0.460 e. The second-order valence-electron chi connectivity index (χ2n) is 4.78. The minimum absolute atomic E-state index is 0.110. The molecule has 0 aliphatic rings. The van der Waals surface area contributed by atoms with Crippen molar-refractivity contribution in [2.24, 2.45) is 0 Å². The van der Waals surface area contributed by atoms with Crippen LogP contribution in [0.15, 0.2) is 46.0 Å². The van der Waals surface area contributed by atoms with Crippen LogP contribution in [0.1, 0.15) is 5.56 Å². The van der Waals surface area contributed by atoms with E-state index in [9.17, 15) is 23.3 Å². The average Bonchev–Trinajstić information content (AvgIpc) is 3.08. The molecule has 0 radical (unpaired) electrons. The number of thiophene rings is 1. The predicted molar refractivity (Wildman–Crippen MR) is 87.0 cm³/mol. The van der Waals surface area contributed by atoms with Gasteiger partial charge in [0.1, 0.15) is 17.4 Å². The second-order valence-corrected chi connectivity index (χ2v) is 8.00. The number of nitro benzene ring substituents is 1. The van der Waals surface area contributed by atoms with Crippen molar-refractivity contribution in [3.8, 4) is 0 Å². The van der Waals surface area contributed by atoms with Crippen molar-refractivity contribution in [2.45, 2.75) is 10.8 Å². The second kappa shape index (κ2) is 7.51. The van der Waals surface area contributed by atoms with E-state index in [0.717, 1.165) is 15.6 Å². The number of sulfonamides is 1. The van der Waals surface area contributed by atoms with Gasteiger partial charge in [-0.1, -0.05) is 18.2 Å². The lowest BCUT2D eigenvalue weighted by molar-refractivity contribution is -0.384. The number of rotatable bonds is 7. The Bertz CT molecular complexity index is 833. The quantitative estimate of drug-likeness (QED) is 0.419. The molecule has 0 atom stereocenters. The van der Waals surface area contributed by atoms with Crippen LogP contribution in [0.4, 0.5) is 5.69 Å². The number of ether oxygens (including phenoxy) is 1. The van der Waals surface area contributed by atoms with Crippen molar-refractivity contribution in [2.75, 3.05) is 13.6 Å². The third kappa shape index (κ3) is 4.37. The molecule has 0 aliphatic carbocycles. The molecule has 0 bridgehead atoms. The van der Waals surface area contributed by atoms with Crippen molar-refractivity contribution in [3.05, 3.63) is 57.5 Å². The summed E-state index contributed by atoms with van der Waals surface area (Å²) in [5.74, 6) is -0.746. The van der Waals surface area contributed by atoms with E-state index in [2.05, 4.69) is 0 Å². The fraction of sp³-hybridized carbons (Fsp3) is 0.214. The van der Waals surface area contributed by atoms with E-state index in [1.807, 2.05) is 0 Å². The molecule has 24 heavy (non-hydrogen) atoms. The van der Waals surface area contributed by atoms with Gasteiger partial charge >= 0.3 is 5.97 Å². The van der Waals surface area contributed by atoms with Gasteiger partial charge < -0.3 is 4.74 Å². The summed E-state index contributed by atoms with van der Waals surface area (Å²) in [7, 11) is -2.45. The van der Waals surface area contributed by atoms with Gasteiger partial charge in [0.05, 0.1) is 4.92 Å². The van der Waals surface area contributed by atoms with Gasteiger partial charge in [0.2, 0.25) is 0 Å². The summed E-state index contributed by atoms with van der Waals surface area (Å²) < 4.78 is 30.4. The Kier molecular flexibility index (Phi) is 5.65. The molecule has 128 valence electrons. The van der Waals surface area contributed by atoms with E-state index in [1.165, 1.54) is 31.3 Å². The number of nitrogens with zero attached hydrogens (tertiary/aromatic N) is 2. The molecule has 1 aromatic carbocycles. The zero-order valence-electron chi connectivity index (χ0n) is 12.6. The van der Waals surface area contributed by atoms with Gasteiger partial charge in [-0.2, -0.15) is 4.31 Å². The van der Waals surface area contributed by atoms with Gasteiger partial charge in [-0.05, 0) is 17.0 Å². The van der Waals surface area contributed by atoms with E-state index in [4.69, 9.17) is 4.74 Å². The third-order valence-corrected chi connectivity index (χ3v) is 6.21. The highest BCUT2D eigenvalue weighted by molar-refractivity contribution is 7.91. The van der Waals surface area contributed by atoms with Crippen LogP contribution in [0.3, 0.4) is 0 Å². The zero-order valence-corrected chi connectivity index (χ0v) is 14.2. The Hall–Kier alpha value is -2.30. The molecule has 0 fully saturated rings. The number of nitro groups is 1. The average molecular weight is 370 g/mol. The fourth-order valence-electron chi connectivity index (χ4n) is 1.80. The molecule has 0 spiro atoms. The Morgan fingerprint density at radius 1 is 1.33 bits per heavy atom. The Balaban J connectivity index is 1.94. The number of carbonyl (C=O) groups excluding carboxylic acids is 1. The van der Waals surface area contributed by atoms with Crippen LogP contribution in [0.2, 0.25) is 0 Å². The third-order valence-electron chi connectivity index (χ3n) is 3.03. The maximum atomic E-state index is 12.2. The molecule has 2 aromatic rings. The molecule has 8 nitrogen and oxygen atoms in total. The normalized spacial score (nSPS) is 11.4. The first-order valence-corrected chi connectivity index (χ1v) is 9.01. The van der Waals surface area contributed by atoms with E-state index < -0.39 is 27.5 Å². The largest absolute Gasteiger partial charge is 0.460 e. The molecule has 0 N–H and O–H groups in total. The molecule has 10 heteroatoms. The lowest BCUT2D eigenvalue weighted by Gasteiger charge is -2.15. The highest BCUT2D eigenvalue weighted by Gasteiger charge is 2.24. The first kappa shape index (κ1) is 18.0. The zero-order chi connectivity index (χ0) is 17.7. The molecule has 0 aliphatic heterocycles. The summed E-state index contributed by atoms with van der Waals surface area (Å²) >= 11 is 1.05. The number of carbonyl (C=O) groups is 1. The number of benzene rings is 1. The standard InChI is InChI=1S/C14H14N2O6S2/c1-15(24(20,21)14-6-3-7-23-14)9-13(17)22-10-11-4-2-5-12(8-11)16(18)19/h2-8H,9-10H2,1H3. The van der Waals surface area contributed by atoms with E-state index in [1.54, 1.807) is 17.5 Å². The Labute approximate surface area is 142 Å². The maximum Gasteiger partial charge on any atom is 0.321 e. The molecule has 2 rings (SSSR count). The van der Waals surface area contributed by atoms with E-state index in [0.29, 0.717) is 5.56 Å². The summed E-state index contributed by atoms with van der Waals surface area (Å²) in [5, 5.41) is 12.3. The van der Waals surface area contributed by atoms with E-state index >= 15 is 0 Å². The summed E-state index contributed by atoms with van der Waals surface area (Å²) in [6.45, 7) is -0.622. The van der Waals surface area contributed by atoms with Gasteiger partial charge in [-0.3, -0.25) is 14.9 Å². The molecule has 0 saturated carbocycles. The summed E-state index contributed by atoms with van der Waals surface area (Å²) in [6, 6.07) is 8.73. The minimum atomic E-state index is -3.73. The van der Waals surface area contributed by atoms with Crippen molar-refractivity contribution < 1.29 is 22.9 Å². The van der Waals surface area contributed by atoms with Gasteiger partial charge in [0.25, 0.3) is 15.7 Å². The van der Waals surface area contributed by atoms with Crippen molar-refractivity contribution >= 4 is 33.0 Å². The number of hydrogen-bond donors (Lipinski definition) is 0. The van der Waals surface area contributed by atoms with Crippen molar-refractivity contribution in [1.29, 1.82) is 0 Å². The lowest BCUT2D eigenvalue weighted by atomic mass is 10.2. The summed E-state index contributed by atoms with van der Waals surface area (Å²) in [4.78, 5) is 21.9. The van der Waals surface area contributed by atoms with Gasteiger partial charge in [0, 0.05) is 19.2 Å². The molecule has 0 saturated heterocycles. The Morgan fingerprint density at radius 2 is 2.08 bits per heavy atom.